The highest BCUT2D eigenvalue weighted by atomic mass is 14.6. The highest BCUT2D eigenvalue weighted by Gasteiger charge is 1.80. The molecule has 1 rings (SSSR count). The number of nitrogens with one attached hydrogen (secondary N) is 1. The highest BCUT2D eigenvalue weighted by molar-refractivity contribution is 4.84. The van der Waals surface area contributed by atoms with Crippen LogP contribution < -0.4 is 0 Å². The minimum atomic E-state index is 1.36. The fourth-order valence-corrected chi connectivity index (χ4v) is 0.955. The molecule has 1 heteroatoms. The first-order chi connectivity index (χ1) is 5.91. The molecule has 1 aromatic heterocycles. The van der Waals surface area contributed by atoms with Gasteiger partial charge in [-0.2, -0.15) is 0 Å². The first-order valence-electron chi connectivity index (χ1n) is 4.99. The van der Waals surface area contributed by atoms with E-state index in [1.807, 2.05) is 24.5 Å². The lowest BCUT2D eigenvalue weighted by Gasteiger charge is -1.90. The summed E-state index contributed by atoms with van der Waals surface area (Å²) >= 11 is 0. The van der Waals surface area contributed by atoms with Crippen LogP contribution >= 0.6 is 0 Å². The van der Waals surface area contributed by atoms with E-state index in [0.29, 0.717) is 0 Å². The van der Waals surface area contributed by atoms with E-state index in [4.69, 9.17) is 0 Å². The molecule has 0 aliphatic rings. The second kappa shape index (κ2) is 10.3. The van der Waals surface area contributed by atoms with Gasteiger partial charge in [0, 0.05) is 12.4 Å². The Balaban J connectivity index is 0.000000211. The Bertz CT molecular complexity index is 112. The first-order valence-corrected chi connectivity index (χ1v) is 4.99. The molecule has 0 amide bonds. The maximum atomic E-state index is 2.86. The first kappa shape index (κ1) is 11.3. The zero-order chi connectivity index (χ0) is 9.07. The van der Waals surface area contributed by atoms with Crippen molar-refractivity contribution < 1.29 is 0 Å². The van der Waals surface area contributed by atoms with Crippen LogP contribution in [0.15, 0.2) is 24.5 Å². The Labute approximate surface area is 76.2 Å². The van der Waals surface area contributed by atoms with E-state index in [1.165, 1.54) is 32.1 Å². The van der Waals surface area contributed by atoms with Gasteiger partial charge in [-0.1, -0.05) is 46.0 Å². The smallest absolute Gasteiger partial charge is 0.000496 e. The lowest BCUT2D eigenvalue weighted by atomic mass is 10.2. The Morgan fingerprint density at radius 2 is 1.33 bits per heavy atom. The van der Waals surface area contributed by atoms with Crippen LogP contribution in [0.4, 0.5) is 0 Å². The largest absolute Gasteiger partial charge is 0.368 e. The summed E-state index contributed by atoms with van der Waals surface area (Å²) in [4.78, 5) is 2.86. The van der Waals surface area contributed by atoms with Crippen LogP contribution in [-0.2, 0) is 0 Å². The maximum Gasteiger partial charge on any atom is 0.000496 e. The molecule has 1 nitrogen and oxygen atoms in total. The predicted octanol–water partition coefficient (Wildman–Crippen LogP) is 3.99. The van der Waals surface area contributed by atoms with Crippen LogP contribution in [0.3, 0.4) is 0 Å². The standard InChI is InChI=1S/C7H16.C4H5N/c1-3-5-7-6-4-2;1-2-4-5-3-1/h3-7H2,1-2H3;1-5H. The number of unbranched alkanes of at least 4 members (excludes halogenated alkanes) is 4. The van der Waals surface area contributed by atoms with Gasteiger partial charge in [0.2, 0.25) is 0 Å². The summed E-state index contributed by atoms with van der Waals surface area (Å²) in [6, 6.07) is 3.89. The third-order valence-corrected chi connectivity index (χ3v) is 1.70. The molecule has 1 aromatic rings. The molecule has 70 valence electrons. The molecule has 0 radical (unpaired) electrons. The Morgan fingerprint density at radius 1 is 0.833 bits per heavy atom. The van der Waals surface area contributed by atoms with Crippen LogP contribution in [0.25, 0.3) is 0 Å². The zero-order valence-corrected chi connectivity index (χ0v) is 8.34. The Hall–Kier alpha value is -0.720. The third-order valence-electron chi connectivity index (χ3n) is 1.70. The van der Waals surface area contributed by atoms with Crippen molar-refractivity contribution in [3.63, 3.8) is 0 Å². The van der Waals surface area contributed by atoms with Crippen LogP contribution in [0, 0.1) is 0 Å². The van der Waals surface area contributed by atoms with Gasteiger partial charge in [0.15, 0.2) is 0 Å². The number of rotatable bonds is 4. The maximum absolute atomic E-state index is 2.86. The molecule has 0 aromatic carbocycles. The summed E-state index contributed by atoms with van der Waals surface area (Å²) < 4.78 is 0. The molecule has 1 heterocycles. The van der Waals surface area contributed by atoms with E-state index in [1.54, 1.807) is 0 Å². The highest BCUT2D eigenvalue weighted by Crippen LogP contribution is 2.00. The molecule has 0 aliphatic heterocycles. The molecule has 0 saturated heterocycles. The summed E-state index contributed by atoms with van der Waals surface area (Å²) in [5, 5.41) is 0. The number of aromatic amines is 1. The van der Waals surface area contributed by atoms with Crippen LogP contribution in [0.2, 0.25) is 0 Å². The topological polar surface area (TPSA) is 15.8 Å². The van der Waals surface area contributed by atoms with Gasteiger partial charge < -0.3 is 4.98 Å². The molecule has 0 unspecified atom stereocenters. The number of hydrogen-bond donors (Lipinski definition) is 1. The fourth-order valence-electron chi connectivity index (χ4n) is 0.955. The van der Waals surface area contributed by atoms with E-state index in [2.05, 4.69) is 18.8 Å². The van der Waals surface area contributed by atoms with Crippen molar-refractivity contribution in [2.75, 3.05) is 0 Å². The molecule has 0 atom stereocenters. The van der Waals surface area contributed by atoms with Crippen molar-refractivity contribution >= 4 is 0 Å². The van der Waals surface area contributed by atoms with Gasteiger partial charge in [-0.25, -0.2) is 0 Å². The Morgan fingerprint density at radius 3 is 1.58 bits per heavy atom. The second-order valence-corrected chi connectivity index (χ2v) is 2.95. The molecule has 0 spiro atoms. The normalized spacial score (nSPS) is 8.83. The van der Waals surface area contributed by atoms with Crippen molar-refractivity contribution in [1.82, 2.24) is 4.98 Å². The average molecular weight is 167 g/mol. The summed E-state index contributed by atoms with van der Waals surface area (Å²) in [7, 11) is 0. The molecular formula is C11H21N. The quantitative estimate of drug-likeness (QED) is 0.653. The lowest BCUT2D eigenvalue weighted by molar-refractivity contribution is 0.656. The van der Waals surface area contributed by atoms with Gasteiger partial charge in [0.05, 0.1) is 0 Å². The molecule has 12 heavy (non-hydrogen) atoms. The van der Waals surface area contributed by atoms with Crippen molar-refractivity contribution in [3.8, 4) is 0 Å². The zero-order valence-electron chi connectivity index (χ0n) is 8.34. The van der Waals surface area contributed by atoms with Crippen LogP contribution in [0.1, 0.15) is 46.0 Å². The van der Waals surface area contributed by atoms with Gasteiger partial charge in [-0.05, 0) is 12.1 Å². The van der Waals surface area contributed by atoms with E-state index in [0.717, 1.165) is 0 Å². The van der Waals surface area contributed by atoms with Crippen molar-refractivity contribution in [3.05, 3.63) is 24.5 Å². The summed E-state index contributed by atoms with van der Waals surface area (Å²) in [5.41, 5.74) is 0. The minimum absolute atomic E-state index is 1.36. The number of hydrogen-bond acceptors (Lipinski definition) is 0. The van der Waals surface area contributed by atoms with Gasteiger partial charge in [-0.15, -0.1) is 0 Å². The summed E-state index contributed by atoms with van der Waals surface area (Å²) in [6.45, 7) is 4.49. The van der Waals surface area contributed by atoms with E-state index in [9.17, 15) is 0 Å². The van der Waals surface area contributed by atoms with E-state index >= 15 is 0 Å². The SMILES string of the molecule is CCCCCCC.c1cc[nH]c1. The molecule has 0 aliphatic carbocycles. The lowest BCUT2D eigenvalue weighted by Crippen LogP contribution is -1.70. The molecule has 0 saturated carbocycles. The van der Waals surface area contributed by atoms with Crippen LogP contribution in [0.5, 0.6) is 0 Å². The minimum Gasteiger partial charge on any atom is -0.368 e. The van der Waals surface area contributed by atoms with E-state index < -0.39 is 0 Å². The fraction of sp³-hybridized carbons (Fsp3) is 0.636. The number of H-pyrrole nitrogens is 1. The second-order valence-electron chi connectivity index (χ2n) is 2.95. The summed E-state index contributed by atoms with van der Waals surface area (Å²) in [6.07, 6.45) is 10.8. The third kappa shape index (κ3) is 9.28. The van der Waals surface area contributed by atoms with Gasteiger partial charge >= 0.3 is 0 Å². The van der Waals surface area contributed by atoms with Crippen molar-refractivity contribution in [1.29, 1.82) is 0 Å². The molecule has 1 N–H and O–H groups in total. The van der Waals surface area contributed by atoms with Gasteiger partial charge in [0.1, 0.15) is 0 Å². The Kier molecular flexibility index (Phi) is 9.66. The average Bonchev–Trinajstić information content (AvgIpc) is 2.62. The van der Waals surface area contributed by atoms with Gasteiger partial charge in [-0.3, -0.25) is 0 Å². The van der Waals surface area contributed by atoms with Crippen LogP contribution in [-0.4, -0.2) is 4.98 Å². The monoisotopic (exact) mass is 167 g/mol. The molecule has 0 bridgehead atoms. The number of aromatic nitrogens is 1. The van der Waals surface area contributed by atoms with Crippen molar-refractivity contribution in [2.45, 2.75) is 46.0 Å². The van der Waals surface area contributed by atoms with Crippen molar-refractivity contribution in [2.24, 2.45) is 0 Å². The molecule has 0 fully saturated rings. The summed E-state index contributed by atoms with van der Waals surface area (Å²) in [5.74, 6) is 0. The molecular weight excluding hydrogens is 146 g/mol. The predicted molar refractivity (Wildman–Crippen MR) is 55.2 cm³/mol. The van der Waals surface area contributed by atoms with E-state index in [-0.39, 0.29) is 0 Å². The van der Waals surface area contributed by atoms with Gasteiger partial charge in [0.25, 0.3) is 0 Å².